The van der Waals surface area contributed by atoms with Gasteiger partial charge in [0.05, 0.1) is 5.56 Å². The first-order valence-electron chi connectivity index (χ1n) is 2.34. The minimum Gasteiger partial charge on any atom is -0.208 e. The van der Waals surface area contributed by atoms with E-state index in [0.717, 1.165) is 6.33 Å². The molecule has 0 atom stereocenters. The molecule has 4 heteroatoms. The summed E-state index contributed by atoms with van der Waals surface area (Å²) in [6.07, 6.45) is 0.845. The highest BCUT2D eigenvalue weighted by Crippen LogP contribution is 2.02. The second kappa shape index (κ2) is 2.05. The molecule has 0 radical (unpaired) electrons. The first-order valence-corrected chi connectivity index (χ1v) is 2.34. The minimum absolute atomic E-state index is 0.141. The van der Waals surface area contributed by atoms with Crippen molar-refractivity contribution in [3.05, 3.63) is 23.8 Å². The maximum absolute atomic E-state index is 12.2. The van der Waals surface area contributed by atoms with Gasteiger partial charge in [-0.2, -0.15) is 8.78 Å². The molecule has 2 nitrogen and oxygen atoms in total. The van der Waals surface area contributed by atoms with Crippen LogP contribution < -0.4 is 0 Å². The predicted octanol–water partition coefficient (Wildman–Crippen LogP) is 1.06. The van der Waals surface area contributed by atoms with Gasteiger partial charge in [0.1, 0.15) is 6.33 Å². The standard InChI is InChI=1S/C5H4F2N2/c1-3-4(6)8-2-9-5(3)7/h2H,1H3. The van der Waals surface area contributed by atoms with Crippen LogP contribution in [0.4, 0.5) is 8.78 Å². The van der Waals surface area contributed by atoms with Gasteiger partial charge in [0, 0.05) is 0 Å². The van der Waals surface area contributed by atoms with Crippen molar-refractivity contribution in [1.82, 2.24) is 9.97 Å². The normalized spacial score (nSPS) is 9.67. The van der Waals surface area contributed by atoms with Gasteiger partial charge in [0.15, 0.2) is 0 Å². The summed E-state index contributed by atoms with van der Waals surface area (Å²) in [6.45, 7) is 1.28. The molecule has 9 heavy (non-hydrogen) atoms. The van der Waals surface area contributed by atoms with Crippen molar-refractivity contribution in [2.24, 2.45) is 0 Å². The lowest BCUT2D eigenvalue weighted by atomic mass is 10.4. The second-order valence-electron chi connectivity index (χ2n) is 1.58. The molecule has 0 saturated heterocycles. The van der Waals surface area contributed by atoms with Gasteiger partial charge in [0.25, 0.3) is 0 Å². The third-order valence-electron chi connectivity index (χ3n) is 0.961. The number of nitrogens with zero attached hydrogens (tertiary/aromatic N) is 2. The van der Waals surface area contributed by atoms with Gasteiger partial charge in [-0.05, 0) is 6.92 Å². The topological polar surface area (TPSA) is 25.8 Å². The van der Waals surface area contributed by atoms with Crippen molar-refractivity contribution in [3.63, 3.8) is 0 Å². The molecule has 0 unspecified atom stereocenters. The zero-order valence-electron chi connectivity index (χ0n) is 4.73. The molecule has 0 bridgehead atoms. The summed E-state index contributed by atoms with van der Waals surface area (Å²) in [6, 6.07) is 0. The van der Waals surface area contributed by atoms with E-state index in [9.17, 15) is 8.78 Å². The molecule has 0 aliphatic carbocycles. The zero-order chi connectivity index (χ0) is 6.85. The summed E-state index contributed by atoms with van der Waals surface area (Å²) >= 11 is 0. The number of hydrogen-bond donors (Lipinski definition) is 0. The Morgan fingerprint density at radius 3 is 2.00 bits per heavy atom. The molecule has 1 aromatic heterocycles. The van der Waals surface area contributed by atoms with Crippen LogP contribution in [0.5, 0.6) is 0 Å². The first-order chi connectivity index (χ1) is 4.22. The Bertz CT molecular complexity index is 204. The Hall–Kier alpha value is -1.06. The number of rotatable bonds is 0. The molecule has 0 aliphatic heterocycles. The van der Waals surface area contributed by atoms with Gasteiger partial charge in [0.2, 0.25) is 11.9 Å². The van der Waals surface area contributed by atoms with E-state index in [2.05, 4.69) is 9.97 Å². The summed E-state index contributed by atoms with van der Waals surface area (Å²) in [5.41, 5.74) is -0.141. The Morgan fingerprint density at radius 2 is 1.67 bits per heavy atom. The molecule has 0 aromatic carbocycles. The highest BCUT2D eigenvalue weighted by atomic mass is 19.1. The van der Waals surface area contributed by atoms with Crippen LogP contribution in [-0.2, 0) is 0 Å². The van der Waals surface area contributed by atoms with Crippen molar-refractivity contribution < 1.29 is 8.78 Å². The fourth-order valence-electron chi connectivity index (χ4n) is 0.409. The molecule has 48 valence electrons. The summed E-state index contributed by atoms with van der Waals surface area (Å²) in [5.74, 6) is -1.61. The van der Waals surface area contributed by atoms with Crippen LogP contribution in [0.2, 0.25) is 0 Å². The molecule has 0 N–H and O–H groups in total. The van der Waals surface area contributed by atoms with Crippen molar-refractivity contribution in [2.45, 2.75) is 6.92 Å². The van der Waals surface area contributed by atoms with Crippen molar-refractivity contribution in [1.29, 1.82) is 0 Å². The predicted molar refractivity (Wildman–Crippen MR) is 26.7 cm³/mol. The van der Waals surface area contributed by atoms with Gasteiger partial charge < -0.3 is 0 Å². The number of halogens is 2. The molecule has 1 heterocycles. The molecule has 0 spiro atoms. The molecular formula is C5H4F2N2. The SMILES string of the molecule is Cc1c(F)ncnc1F. The minimum atomic E-state index is -0.803. The smallest absolute Gasteiger partial charge is 0.208 e. The Balaban J connectivity index is 3.25. The van der Waals surface area contributed by atoms with Crippen LogP contribution in [-0.4, -0.2) is 9.97 Å². The zero-order valence-corrected chi connectivity index (χ0v) is 4.73. The van der Waals surface area contributed by atoms with E-state index in [-0.39, 0.29) is 5.56 Å². The Morgan fingerprint density at radius 1 is 1.22 bits per heavy atom. The van der Waals surface area contributed by atoms with Gasteiger partial charge in [-0.15, -0.1) is 0 Å². The van der Waals surface area contributed by atoms with Crippen molar-refractivity contribution in [3.8, 4) is 0 Å². The quantitative estimate of drug-likeness (QED) is 0.491. The van der Waals surface area contributed by atoms with E-state index in [4.69, 9.17) is 0 Å². The Labute approximate surface area is 50.6 Å². The van der Waals surface area contributed by atoms with E-state index in [1.165, 1.54) is 6.92 Å². The second-order valence-corrected chi connectivity index (χ2v) is 1.58. The van der Waals surface area contributed by atoms with Crippen LogP contribution in [0.1, 0.15) is 5.56 Å². The third-order valence-corrected chi connectivity index (χ3v) is 0.961. The molecule has 0 saturated carbocycles. The van der Waals surface area contributed by atoms with Crippen LogP contribution in [0.3, 0.4) is 0 Å². The van der Waals surface area contributed by atoms with Gasteiger partial charge in [-0.1, -0.05) is 0 Å². The Kier molecular flexibility index (Phi) is 1.38. The summed E-state index contributed by atoms with van der Waals surface area (Å²) in [5, 5.41) is 0. The van der Waals surface area contributed by atoms with Crippen LogP contribution >= 0.6 is 0 Å². The molecule has 0 fully saturated rings. The summed E-state index contributed by atoms with van der Waals surface area (Å²) < 4.78 is 24.4. The van der Waals surface area contributed by atoms with Crippen LogP contribution in [0.25, 0.3) is 0 Å². The molecule has 0 amide bonds. The lowest BCUT2D eigenvalue weighted by molar-refractivity contribution is 0.510. The highest BCUT2D eigenvalue weighted by Gasteiger charge is 2.02. The van der Waals surface area contributed by atoms with Crippen molar-refractivity contribution in [2.75, 3.05) is 0 Å². The maximum atomic E-state index is 12.2. The summed E-state index contributed by atoms with van der Waals surface area (Å²) in [4.78, 5) is 6.24. The number of hydrogen-bond acceptors (Lipinski definition) is 2. The largest absolute Gasteiger partial charge is 0.221 e. The van der Waals surface area contributed by atoms with Crippen molar-refractivity contribution >= 4 is 0 Å². The lowest BCUT2D eigenvalue weighted by Crippen LogP contribution is -1.94. The van der Waals surface area contributed by atoms with E-state index in [1.54, 1.807) is 0 Å². The summed E-state index contributed by atoms with van der Waals surface area (Å²) in [7, 11) is 0. The van der Waals surface area contributed by atoms with Gasteiger partial charge in [-0.3, -0.25) is 0 Å². The molecule has 1 aromatic rings. The molecule has 1 rings (SSSR count). The van der Waals surface area contributed by atoms with Gasteiger partial charge >= 0.3 is 0 Å². The van der Waals surface area contributed by atoms with Gasteiger partial charge in [-0.25, -0.2) is 9.97 Å². The molecular weight excluding hydrogens is 126 g/mol. The van der Waals surface area contributed by atoms with E-state index >= 15 is 0 Å². The van der Waals surface area contributed by atoms with E-state index < -0.39 is 11.9 Å². The average Bonchev–Trinajstić information content (AvgIpc) is 1.83. The van der Waals surface area contributed by atoms with E-state index in [0.29, 0.717) is 0 Å². The third kappa shape index (κ3) is 1.01. The van der Waals surface area contributed by atoms with Crippen LogP contribution in [0, 0.1) is 18.8 Å². The maximum Gasteiger partial charge on any atom is 0.221 e. The lowest BCUT2D eigenvalue weighted by Gasteiger charge is -1.91. The average molecular weight is 130 g/mol. The number of aromatic nitrogens is 2. The first kappa shape index (κ1) is 6.07. The van der Waals surface area contributed by atoms with E-state index in [1.807, 2.05) is 0 Å². The monoisotopic (exact) mass is 130 g/mol. The highest BCUT2D eigenvalue weighted by molar-refractivity contribution is 5.03. The fourth-order valence-corrected chi connectivity index (χ4v) is 0.409. The van der Waals surface area contributed by atoms with Crippen LogP contribution in [0.15, 0.2) is 6.33 Å². The molecule has 0 aliphatic rings. The fraction of sp³-hybridized carbons (Fsp3) is 0.200.